The van der Waals surface area contributed by atoms with Crippen molar-refractivity contribution in [3.05, 3.63) is 163 Å². The van der Waals surface area contributed by atoms with Crippen LogP contribution in [0.25, 0.3) is 21.8 Å². The summed E-state index contributed by atoms with van der Waals surface area (Å²) in [6, 6.07) is 20.5. The summed E-state index contributed by atoms with van der Waals surface area (Å²) >= 11 is 26.2. The number of hydrogen-bond acceptors (Lipinski definition) is 13. The Hall–Kier alpha value is -7.72. The second-order valence-electron chi connectivity index (χ2n) is 20.1. The average Bonchev–Trinajstić information content (AvgIpc) is 4.57. The molecule has 20 nitrogen and oxygen atoms in total. The number of carbonyl (C=O) groups is 6. The number of halogens is 4. The number of amides is 4. The molecule has 0 bridgehead atoms. The third-order valence-electron chi connectivity index (χ3n) is 14.7. The first kappa shape index (κ1) is 59.9. The molecule has 6 heterocycles. The van der Waals surface area contributed by atoms with E-state index in [2.05, 4.69) is 25.3 Å². The van der Waals surface area contributed by atoms with Gasteiger partial charge in [-0.3, -0.25) is 28.8 Å². The number of aromatic nitrogens is 4. The molecule has 4 atom stereocenters. The number of rotatable bonds is 18. The standard InChI is InChI=1S/C30H30Cl2N4O6.C29H28Cl2N4O6/c1-35-16-21(20-6-4-5-7-25(20)35)29(39)34-24-13-22(31)17(10-23(24)32)11-27(37)36-15-19(40-2)12-26(36)30-33-14-18(42-30)8-9-28(38)41-3;1-34-15-20(19-5-3-4-6-24(19)34)28(39)33-23-12-21(30)16(9-22(23)31)10-26(36)35-14-18(40-2)11-25(35)29-32-13-17(41-29)7-8-27(37)38/h4-7,10,13-14,16,19,26H,8-9,11-12,15H2,1-3H3,(H,34,39);3-6,9,12-13,15,18,25H,7-8,10-11,14H2,1-2H3,(H,33,39)(H,37,38)/t19-,26-;18-,25-/m00/s1. The number of fused-ring (bicyclic) bond motifs is 2. The number of carbonyl (C=O) groups excluding carboxylic acids is 5. The molecule has 0 unspecified atom stereocenters. The Morgan fingerprint density at radius 1 is 0.614 bits per heavy atom. The number of carboxylic acid groups (broad SMARTS) is 1. The van der Waals surface area contributed by atoms with Gasteiger partial charge < -0.3 is 57.7 Å². The van der Waals surface area contributed by atoms with Crippen LogP contribution < -0.4 is 10.6 Å². The normalized spacial score (nSPS) is 16.7. The minimum Gasteiger partial charge on any atom is -0.481 e. The van der Waals surface area contributed by atoms with Gasteiger partial charge in [-0.25, -0.2) is 9.97 Å². The van der Waals surface area contributed by atoms with Crippen LogP contribution in [0.3, 0.4) is 0 Å². The molecule has 4 amide bonds. The molecule has 2 aliphatic heterocycles. The van der Waals surface area contributed by atoms with Crippen LogP contribution in [0.15, 0.2) is 106 Å². The lowest BCUT2D eigenvalue weighted by Crippen LogP contribution is -2.33. The lowest BCUT2D eigenvalue weighted by molar-refractivity contribution is -0.140. The van der Waals surface area contributed by atoms with Gasteiger partial charge in [0.25, 0.3) is 11.8 Å². The Balaban J connectivity index is 0.000000200. The number of methoxy groups -OCH3 is 3. The smallest absolute Gasteiger partial charge is 0.305 e. The van der Waals surface area contributed by atoms with Crippen molar-refractivity contribution >= 4 is 115 Å². The maximum atomic E-state index is 13.5. The van der Waals surface area contributed by atoms with Crippen LogP contribution in [0, 0.1) is 0 Å². The minimum absolute atomic E-state index is 0.0288. The van der Waals surface area contributed by atoms with E-state index in [9.17, 15) is 28.8 Å². The van der Waals surface area contributed by atoms with Crippen molar-refractivity contribution in [2.45, 2.75) is 75.7 Å². The number of esters is 1. The second-order valence-corrected chi connectivity index (χ2v) is 21.7. The number of para-hydroxylation sites is 2. The van der Waals surface area contributed by atoms with E-state index in [1.54, 1.807) is 60.8 Å². The van der Waals surface area contributed by atoms with E-state index < -0.39 is 18.1 Å². The molecule has 2 fully saturated rings. The molecule has 434 valence electrons. The molecule has 3 N–H and O–H groups in total. The number of oxazole rings is 2. The number of aliphatic carboxylic acids is 1. The zero-order valence-electron chi connectivity index (χ0n) is 45.8. The molecule has 4 aromatic carbocycles. The van der Waals surface area contributed by atoms with E-state index in [0.29, 0.717) is 94.3 Å². The van der Waals surface area contributed by atoms with Gasteiger partial charge in [0.2, 0.25) is 23.6 Å². The molecule has 24 heteroatoms. The van der Waals surface area contributed by atoms with Gasteiger partial charge in [-0.2, -0.15) is 0 Å². The summed E-state index contributed by atoms with van der Waals surface area (Å²) in [5, 5.41) is 17.3. The van der Waals surface area contributed by atoms with Crippen molar-refractivity contribution in [2.24, 2.45) is 14.1 Å². The zero-order valence-corrected chi connectivity index (χ0v) is 48.8. The zero-order chi connectivity index (χ0) is 59.2. The number of carboxylic acids is 1. The van der Waals surface area contributed by atoms with Crippen LogP contribution >= 0.6 is 46.4 Å². The van der Waals surface area contributed by atoms with Gasteiger partial charge in [-0.1, -0.05) is 82.8 Å². The molecule has 83 heavy (non-hydrogen) atoms. The first-order chi connectivity index (χ1) is 39.8. The number of anilines is 2. The predicted octanol–water partition coefficient (Wildman–Crippen LogP) is 10.6. The number of likely N-dealkylation sites (tertiary alicyclic amines) is 2. The Labute approximate surface area is 496 Å². The second kappa shape index (κ2) is 26.2. The summed E-state index contributed by atoms with van der Waals surface area (Å²) < 4.78 is 31.2. The fourth-order valence-electron chi connectivity index (χ4n) is 10.3. The fourth-order valence-corrected chi connectivity index (χ4v) is 11.2. The van der Waals surface area contributed by atoms with Crippen molar-refractivity contribution in [3.63, 3.8) is 0 Å². The number of ether oxygens (including phenoxy) is 3. The largest absolute Gasteiger partial charge is 0.481 e. The molecule has 0 radical (unpaired) electrons. The molecule has 8 aromatic rings. The van der Waals surface area contributed by atoms with Crippen molar-refractivity contribution in [2.75, 3.05) is 45.1 Å². The van der Waals surface area contributed by atoms with E-state index in [1.165, 1.54) is 19.4 Å². The topological polar surface area (TPSA) is 243 Å². The summed E-state index contributed by atoms with van der Waals surface area (Å²) in [4.78, 5) is 87.6. The Kier molecular flexibility index (Phi) is 18.9. The molecule has 0 aliphatic carbocycles. The van der Waals surface area contributed by atoms with E-state index >= 15 is 0 Å². The highest BCUT2D eigenvalue weighted by Gasteiger charge is 2.41. The number of nitrogens with zero attached hydrogens (tertiary/aromatic N) is 6. The van der Waals surface area contributed by atoms with Crippen LogP contribution in [0.1, 0.15) is 92.9 Å². The maximum absolute atomic E-state index is 13.5. The minimum atomic E-state index is -0.935. The van der Waals surface area contributed by atoms with Gasteiger partial charge in [0.15, 0.2) is 0 Å². The lowest BCUT2D eigenvalue weighted by Gasteiger charge is -2.22. The molecular weight excluding hydrogens is 1150 g/mol. The molecule has 2 saturated heterocycles. The summed E-state index contributed by atoms with van der Waals surface area (Å²) in [7, 11) is 8.24. The molecule has 4 aromatic heterocycles. The highest BCUT2D eigenvalue weighted by Crippen LogP contribution is 2.38. The predicted molar refractivity (Wildman–Crippen MR) is 311 cm³/mol. The van der Waals surface area contributed by atoms with Crippen LogP contribution in [0.5, 0.6) is 0 Å². The van der Waals surface area contributed by atoms with Crippen LogP contribution in [-0.4, -0.2) is 116 Å². The molecule has 0 spiro atoms. The Morgan fingerprint density at radius 3 is 1.45 bits per heavy atom. The number of hydrogen-bond donors (Lipinski definition) is 3. The fraction of sp³-hybridized carbons (Fsp3) is 0.322. The summed E-state index contributed by atoms with van der Waals surface area (Å²) in [6.45, 7) is 0.682. The molecular formula is C59H58Cl4N8O12. The molecule has 2 aliphatic rings. The van der Waals surface area contributed by atoms with Crippen LogP contribution in [-0.2, 0) is 73.2 Å². The van der Waals surface area contributed by atoms with E-state index in [4.69, 9.17) is 69.8 Å². The first-order valence-corrected chi connectivity index (χ1v) is 27.8. The van der Waals surface area contributed by atoms with Gasteiger partial charge in [-0.15, -0.1) is 0 Å². The van der Waals surface area contributed by atoms with Gasteiger partial charge >= 0.3 is 11.9 Å². The van der Waals surface area contributed by atoms with Crippen molar-refractivity contribution < 1.29 is 56.9 Å². The Morgan fingerprint density at radius 2 is 1.04 bits per heavy atom. The third-order valence-corrected chi connectivity index (χ3v) is 16.0. The molecule has 0 saturated carbocycles. The monoisotopic (exact) mass is 1210 g/mol. The quantitative estimate of drug-likeness (QED) is 0.0677. The summed E-state index contributed by atoms with van der Waals surface area (Å²) in [5.41, 5.74) is 4.55. The van der Waals surface area contributed by atoms with E-state index in [-0.39, 0.29) is 89.0 Å². The highest BCUT2D eigenvalue weighted by molar-refractivity contribution is 6.37. The Bertz CT molecular complexity index is 3760. The van der Waals surface area contributed by atoms with Crippen LogP contribution in [0.2, 0.25) is 20.1 Å². The van der Waals surface area contributed by atoms with Crippen molar-refractivity contribution in [3.8, 4) is 0 Å². The van der Waals surface area contributed by atoms with Gasteiger partial charge in [0.1, 0.15) is 23.6 Å². The van der Waals surface area contributed by atoms with Crippen LogP contribution in [0.4, 0.5) is 11.4 Å². The maximum Gasteiger partial charge on any atom is 0.305 e. The van der Waals surface area contributed by atoms with E-state index in [0.717, 1.165) is 21.8 Å². The lowest BCUT2D eigenvalue weighted by atomic mass is 10.1. The van der Waals surface area contributed by atoms with Gasteiger partial charge in [-0.05, 0) is 47.5 Å². The number of aryl methyl sites for hydroxylation is 4. The SMILES string of the molecule is COC(=O)CCc1cnc([C@@H]2C[C@H](OC)CN2C(=O)Cc2cc(Cl)c(NC(=O)c3cn(C)c4ccccc34)cc2Cl)o1.CO[C@H]1C[C@@H](c2ncc(CCC(=O)O)o2)N(C(=O)Cc2cc(Cl)c(NC(=O)c3cn(C)c4ccccc34)cc2Cl)C1. The molecule has 10 rings (SSSR count). The van der Waals surface area contributed by atoms with Crippen molar-refractivity contribution in [1.82, 2.24) is 28.9 Å². The summed E-state index contributed by atoms with van der Waals surface area (Å²) in [5.74, 6) is -0.712. The number of benzene rings is 4. The van der Waals surface area contributed by atoms with E-state index in [1.807, 2.05) is 71.8 Å². The first-order valence-electron chi connectivity index (χ1n) is 26.3. The van der Waals surface area contributed by atoms with Gasteiger partial charge in [0.05, 0.1) is 89.9 Å². The summed E-state index contributed by atoms with van der Waals surface area (Å²) in [6.07, 6.45) is 7.68. The van der Waals surface area contributed by atoms with Gasteiger partial charge in [0, 0.05) is 111 Å². The third kappa shape index (κ3) is 13.7. The average molecular weight is 1210 g/mol. The highest BCUT2D eigenvalue weighted by atomic mass is 35.5. The van der Waals surface area contributed by atoms with Crippen molar-refractivity contribution in [1.29, 1.82) is 0 Å². The number of nitrogens with one attached hydrogen (secondary N) is 2.